The number of nitrogens with zero attached hydrogens (tertiary/aromatic N) is 2. The maximum Gasteiger partial charge on any atom is 0.223 e. The average molecular weight is 401 g/mol. The monoisotopic (exact) mass is 400 g/mol. The number of carbonyl (C=O) groups is 1. The van der Waals surface area contributed by atoms with Crippen molar-refractivity contribution in [1.82, 2.24) is 9.80 Å². The zero-order chi connectivity index (χ0) is 20.5. The first-order valence-electron chi connectivity index (χ1n) is 11.2. The van der Waals surface area contributed by atoms with E-state index in [0.717, 1.165) is 63.3 Å². The Morgan fingerprint density at radius 3 is 2.52 bits per heavy atom. The van der Waals surface area contributed by atoms with Crippen LogP contribution in [0, 0.1) is 5.41 Å². The Hall–Kier alpha value is -1.59. The summed E-state index contributed by atoms with van der Waals surface area (Å²) < 4.78 is 12.2. The molecule has 0 N–H and O–H groups in total. The minimum Gasteiger partial charge on any atom is -0.485 e. The standard InChI is InChI=1S/C24H36N2O3/c1-23(2,3)16-22(27)26-17-19-6-4-5-7-21(19)29-24(18-26)10-8-20(9-11-24)25-12-14-28-15-13-25/h4-7,20H,8-18H2,1-3H3. The van der Waals surface area contributed by atoms with Crippen LogP contribution in [0.5, 0.6) is 5.75 Å². The number of morpholine rings is 1. The van der Waals surface area contributed by atoms with Crippen molar-refractivity contribution in [3.63, 3.8) is 0 Å². The molecule has 0 bridgehead atoms. The topological polar surface area (TPSA) is 42.0 Å². The molecule has 0 aromatic heterocycles. The molecule has 5 nitrogen and oxygen atoms in total. The molecule has 2 fully saturated rings. The summed E-state index contributed by atoms with van der Waals surface area (Å²) in [5, 5.41) is 0. The average Bonchev–Trinajstić information content (AvgIpc) is 2.85. The van der Waals surface area contributed by atoms with Crippen LogP contribution < -0.4 is 4.74 Å². The van der Waals surface area contributed by atoms with Gasteiger partial charge in [0.25, 0.3) is 0 Å². The van der Waals surface area contributed by atoms with Crippen LogP contribution in [0.1, 0.15) is 58.4 Å². The Kier molecular flexibility index (Phi) is 5.90. The predicted octanol–water partition coefficient (Wildman–Crippen LogP) is 3.86. The van der Waals surface area contributed by atoms with Crippen LogP contribution in [0.4, 0.5) is 0 Å². The van der Waals surface area contributed by atoms with E-state index in [1.807, 2.05) is 12.1 Å². The summed E-state index contributed by atoms with van der Waals surface area (Å²) in [5.41, 5.74) is 0.857. The van der Waals surface area contributed by atoms with Gasteiger partial charge < -0.3 is 14.4 Å². The fourth-order valence-electron chi connectivity index (χ4n) is 5.05. The summed E-state index contributed by atoms with van der Waals surface area (Å²) >= 11 is 0. The molecule has 1 amide bonds. The molecule has 0 radical (unpaired) electrons. The highest BCUT2D eigenvalue weighted by molar-refractivity contribution is 5.77. The van der Waals surface area contributed by atoms with Crippen molar-refractivity contribution in [2.45, 2.75) is 71.1 Å². The van der Waals surface area contributed by atoms with Crippen molar-refractivity contribution < 1.29 is 14.3 Å². The number of benzene rings is 1. The van der Waals surface area contributed by atoms with E-state index in [0.29, 0.717) is 25.6 Å². The number of ether oxygens (including phenoxy) is 2. The third-order valence-corrected chi connectivity index (χ3v) is 6.60. The number of fused-ring (bicyclic) bond motifs is 1. The second-order valence-electron chi connectivity index (χ2n) is 10.3. The quantitative estimate of drug-likeness (QED) is 0.756. The summed E-state index contributed by atoms with van der Waals surface area (Å²) in [5.74, 6) is 1.20. The highest BCUT2D eigenvalue weighted by Gasteiger charge is 2.43. The van der Waals surface area contributed by atoms with Crippen LogP contribution in [-0.4, -0.2) is 60.2 Å². The van der Waals surface area contributed by atoms with Gasteiger partial charge in [0.2, 0.25) is 5.91 Å². The van der Waals surface area contributed by atoms with E-state index in [2.05, 4.69) is 42.7 Å². The maximum atomic E-state index is 13.2. The van der Waals surface area contributed by atoms with Crippen molar-refractivity contribution in [3.05, 3.63) is 29.8 Å². The fraction of sp³-hybridized carbons (Fsp3) is 0.708. The molecule has 1 spiro atoms. The maximum absolute atomic E-state index is 13.2. The van der Waals surface area contributed by atoms with Crippen LogP contribution >= 0.6 is 0 Å². The molecule has 5 heteroatoms. The number of hydrogen-bond acceptors (Lipinski definition) is 4. The minimum atomic E-state index is -0.261. The van der Waals surface area contributed by atoms with Gasteiger partial charge in [0.05, 0.1) is 19.8 Å². The van der Waals surface area contributed by atoms with Gasteiger partial charge in [0.15, 0.2) is 0 Å². The van der Waals surface area contributed by atoms with Crippen molar-refractivity contribution in [2.24, 2.45) is 5.41 Å². The molecule has 160 valence electrons. The number of amides is 1. The summed E-state index contributed by atoms with van der Waals surface area (Å²) in [6, 6.07) is 8.87. The van der Waals surface area contributed by atoms with Gasteiger partial charge in [-0.1, -0.05) is 39.0 Å². The Balaban J connectivity index is 1.52. The Labute approximate surface area is 175 Å². The molecule has 4 rings (SSSR count). The lowest BCUT2D eigenvalue weighted by Crippen LogP contribution is -2.53. The summed E-state index contributed by atoms with van der Waals surface area (Å²) in [4.78, 5) is 17.8. The van der Waals surface area contributed by atoms with Gasteiger partial charge in [-0.15, -0.1) is 0 Å². The molecule has 1 aromatic rings. The van der Waals surface area contributed by atoms with Crippen LogP contribution in [0.3, 0.4) is 0 Å². The zero-order valence-electron chi connectivity index (χ0n) is 18.3. The number of hydrogen-bond donors (Lipinski definition) is 0. The molecule has 2 aliphatic heterocycles. The number of rotatable bonds is 2. The van der Waals surface area contributed by atoms with Crippen LogP contribution in [0.15, 0.2) is 24.3 Å². The first-order chi connectivity index (χ1) is 13.8. The van der Waals surface area contributed by atoms with Gasteiger partial charge in [0.1, 0.15) is 11.4 Å². The van der Waals surface area contributed by atoms with E-state index in [1.165, 1.54) is 0 Å². The molecule has 1 saturated carbocycles. The van der Waals surface area contributed by atoms with E-state index < -0.39 is 0 Å². The molecule has 1 saturated heterocycles. The second kappa shape index (κ2) is 8.27. The van der Waals surface area contributed by atoms with E-state index in [1.54, 1.807) is 0 Å². The van der Waals surface area contributed by atoms with Crippen molar-refractivity contribution in [1.29, 1.82) is 0 Å². The molecule has 1 aliphatic carbocycles. The molecule has 29 heavy (non-hydrogen) atoms. The highest BCUT2D eigenvalue weighted by Crippen LogP contribution is 2.40. The van der Waals surface area contributed by atoms with Gasteiger partial charge in [-0.05, 0) is 37.2 Å². The summed E-state index contributed by atoms with van der Waals surface area (Å²) in [6.45, 7) is 11.5. The molecule has 2 heterocycles. The van der Waals surface area contributed by atoms with Crippen LogP contribution in [0.2, 0.25) is 0 Å². The van der Waals surface area contributed by atoms with Gasteiger partial charge in [-0.25, -0.2) is 0 Å². The lowest BCUT2D eigenvalue weighted by molar-refractivity contribution is -0.137. The fourth-order valence-corrected chi connectivity index (χ4v) is 5.05. The van der Waals surface area contributed by atoms with Crippen molar-refractivity contribution in [2.75, 3.05) is 32.8 Å². The summed E-state index contributed by atoms with van der Waals surface area (Å²) in [7, 11) is 0. The second-order valence-corrected chi connectivity index (χ2v) is 10.3. The van der Waals surface area contributed by atoms with Crippen molar-refractivity contribution >= 4 is 5.91 Å². The van der Waals surface area contributed by atoms with Crippen LogP contribution in [-0.2, 0) is 16.1 Å². The third-order valence-electron chi connectivity index (χ3n) is 6.60. The Bertz CT molecular complexity index is 713. The van der Waals surface area contributed by atoms with Gasteiger partial charge in [-0.3, -0.25) is 9.69 Å². The SMILES string of the molecule is CC(C)(C)CC(=O)N1Cc2ccccc2OC2(CCC(N3CCOCC3)CC2)C1. The van der Waals surface area contributed by atoms with Crippen molar-refractivity contribution in [3.8, 4) is 5.75 Å². The zero-order valence-corrected chi connectivity index (χ0v) is 18.3. The molecule has 3 aliphatic rings. The van der Waals surface area contributed by atoms with E-state index in [-0.39, 0.29) is 16.9 Å². The lowest BCUT2D eigenvalue weighted by Gasteiger charge is -2.45. The molecular formula is C24H36N2O3. The molecular weight excluding hydrogens is 364 g/mol. The largest absolute Gasteiger partial charge is 0.485 e. The molecule has 1 aromatic carbocycles. The lowest BCUT2D eigenvalue weighted by atomic mass is 9.80. The van der Waals surface area contributed by atoms with Crippen LogP contribution in [0.25, 0.3) is 0 Å². The first-order valence-corrected chi connectivity index (χ1v) is 11.2. The third kappa shape index (κ3) is 4.95. The normalized spacial score (nSPS) is 28.5. The molecule has 0 unspecified atom stereocenters. The van der Waals surface area contributed by atoms with E-state index >= 15 is 0 Å². The highest BCUT2D eigenvalue weighted by atomic mass is 16.5. The minimum absolute atomic E-state index is 0.00901. The Morgan fingerprint density at radius 2 is 1.83 bits per heavy atom. The number of para-hydroxylation sites is 1. The van der Waals surface area contributed by atoms with E-state index in [4.69, 9.17) is 9.47 Å². The number of carbonyl (C=O) groups excluding carboxylic acids is 1. The van der Waals surface area contributed by atoms with Gasteiger partial charge in [-0.2, -0.15) is 0 Å². The predicted molar refractivity (Wildman–Crippen MR) is 114 cm³/mol. The van der Waals surface area contributed by atoms with E-state index in [9.17, 15) is 4.79 Å². The molecule has 0 atom stereocenters. The smallest absolute Gasteiger partial charge is 0.223 e. The Morgan fingerprint density at radius 1 is 1.14 bits per heavy atom. The first kappa shape index (κ1) is 20.7. The summed E-state index contributed by atoms with van der Waals surface area (Å²) in [6.07, 6.45) is 4.83. The van der Waals surface area contributed by atoms with Gasteiger partial charge in [0, 0.05) is 37.7 Å². The van der Waals surface area contributed by atoms with Gasteiger partial charge >= 0.3 is 0 Å².